The second kappa shape index (κ2) is 2.55. The summed E-state index contributed by atoms with van der Waals surface area (Å²) < 4.78 is 4.99. The molecule has 2 aliphatic carbocycles. The molecule has 0 aromatic carbocycles. The summed E-state index contributed by atoms with van der Waals surface area (Å²) >= 11 is 0. The molecule has 12 heavy (non-hydrogen) atoms. The molecule has 0 aliphatic heterocycles. The average Bonchev–Trinajstić information content (AvgIpc) is 2.63. The number of nitrogens with one attached hydrogen (secondary N) is 1. The third-order valence-electron chi connectivity index (χ3n) is 2.13. The van der Waals surface area contributed by atoms with Crippen LogP contribution in [0.25, 0.3) is 0 Å². The van der Waals surface area contributed by atoms with Crippen LogP contribution >= 0.6 is 0 Å². The van der Waals surface area contributed by atoms with Crippen LogP contribution in [0, 0.1) is 0 Å². The van der Waals surface area contributed by atoms with Gasteiger partial charge in [-0.25, -0.2) is 0 Å². The largest absolute Gasteiger partial charge is 0.504 e. The smallest absolute Gasteiger partial charge is 0.0909 e. The first-order chi connectivity index (χ1) is 5.86. The molecule has 0 unspecified atom stereocenters. The van der Waals surface area contributed by atoms with Crippen LogP contribution in [0.4, 0.5) is 0 Å². The van der Waals surface area contributed by atoms with Gasteiger partial charge in [-0.05, 0) is 11.6 Å². The van der Waals surface area contributed by atoms with Crippen molar-refractivity contribution in [2.45, 2.75) is 0 Å². The van der Waals surface area contributed by atoms with Crippen LogP contribution < -0.4 is 5.32 Å². The minimum atomic E-state index is 1.18. The lowest BCUT2D eigenvalue weighted by atomic mass is 10.2. The Balaban J connectivity index is 2.44. The third-order valence-corrected chi connectivity index (χ3v) is 2.13. The molecule has 0 heterocycles. The highest BCUT2D eigenvalue weighted by Crippen LogP contribution is 2.37. The maximum atomic E-state index is 4.99. The second-order valence-corrected chi connectivity index (χ2v) is 2.78. The number of hydrogen-bond acceptors (Lipinski definition) is 2. The number of hydrogen-bond donors (Lipinski definition) is 1. The van der Waals surface area contributed by atoms with Crippen LogP contribution in [0.5, 0.6) is 0 Å². The van der Waals surface area contributed by atoms with Crippen LogP contribution in [0.3, 0.4) is 0 Å². The second-order valence-electron chi connectivity index (χ2n) is 2.78. The SMILES string of the molecule is CNC1=C2C=CC(=C1)C2=COC. The molecule has 0 amide bonds. The van der Waals surface area contributed by atoms with E-state index in [1.54, 1.807) is 13.4 Å². The molecule has 0 fully saturated rings. The van der Waals surface area contributed by atoms with Gasteiger partial charge in [-0.3, -0.25) is 0 Å². The molecule has 62 valence electrons. The predicted molar refractivity (Wildman–Crippen MR) is 48.4 cm³/mol. The first-order valence-electron chi connectivity index (χ1n) is 3.92. The molecule has 0 aromatic rings. The fraction of sp³-hybridized carbons (Fsp3) is 0.200. The van der Waals surface area contributed by atoms with Crippen molar-refractivity contribution in [2.75, 3.05) is 14.2 Å². The van der Waals surface area contributed by atoms with Gasteiger partial charge in [0.15, 0.2) is 0 Å². The minimum Gasteiger partial charge on any atom is -0.504 e. The zero-order valence-electron chi connectivity index (χ0n) is 7.22. The van der Waals surface area contributed by atoms with Gasteiger partial charge in [-0.1, -0.05) is 12.2 Å². The van der Waals surface area contributed by atoms with Gasteiger partial charge in [-0.2, -0.15) is 0 Å². The van der Waals surface area contributed by atoms with Crippen molar-refractivity contribution in [3.8, 4) is 0 Å². The molecule has 2 aliphatic rings. The number of methoxy groups -OCH3 is 1. The summed E-state index contributed by atoms with van der Waals surface area (Å²) in [6.45, 7) is 0. The lowest BCUT2D eigenvalue weighted by molar-refractivity contribution is 0.336. The van der Waals surface area contributed by atoms with Crippen molar-refractivity contribution < 1.29 is 4.74 Å². The van der Waals surface area contributed by atoms with Crippen molar-refractivity contribution in [2.24, 2.45) is 0 Å². The molecule has 0 atom stereocenters. The van der Waals surface area contributed by atoms with Gasteiger partial charge in [0.2, 0.25) is 0 Å². The van der Waals surface area contributed by atoms with Crippen molar-refractivity contribution >= 4 is 0 Å². The molecule has 0 aromatic heterocycles. The first-order valence-corrected chi connectivity index (χ1v) is 3.92. The first kappa shape index (κ1) is 7.22. The summed E-state index contributed by atoms with van der Waals surface area (Å²) in [5.41, 5.74) is 4.82. The topological polar surface area (TPSA) is 21.3 Å². The number of fused-ring (bicyclic) bond motifs is 2. The third kappa shape index (κ3) is 0.811. The highest BCUT2D eigenvalue weighted by molar-refractivity contribution is 5.71. The van der Waals surface area contributed by atoms with Gasteiger partial charge < -0.3 is 10.1 Å². The van der Waals surface area contributed by atoms with Crippen LogP contribution in [-0.4, -0.2) is 14.2 Å². The Kier molecular flexibility index (Phi) is 1.54. The van der Waals surface area contributed by atoms with E-state index in [0.717, 1.165) is 0 Å². The van der Waals surface area contributed by atoms with Gasteiger partial charge >= 0.3 is 0 Å². The Hall–Kier alpha value is -1.44. The van der Waals surface area contributed by atoms with Gasteiger partial charge in [-0.15, -0.1) is 0 Å². The van der Waals surface area contributed by atoms with Gasteiger partial charge in [0.1, 0.15) is 0 Å². The lowest BCUT2D eigenvalue weighted by Gasteiger charge is -2.00. The van der Waals surface area contributed by atoms with Crippen molar-refractivity contribution in [3.63, 3.8) is 0 Å². The van der Waals surface area contributed by atoms with E-state index in [1.807, 2.05) is 7.05 Å². The average molecular weight is 161 g/mol. The van der Waals surface area contributed by atoms with Crippen LogP contribution in [-0.2, 0) is 4.74 Å². The van der Waals surface area contributed by atoms with Crippen molar-refractivity contribution in [1.82, 2.24) is 5.32 Å². The van der Waals surface area contributed by atoms with Crippen molar-refractivity contribution in [3.05, 3.63) is 46.9 Å². The summed E-state index contributed by atoms with van der Waals surface area (Å²) in [6.07, 6.45) is 8.11. The normalized spacial score (nSPS) is 22.2. The van der Waals surface area contributed by atoms with E-state index < -0.39 is 0 Å². The summed E-state index contributed by atoms with van der Waals surface area (Å²) in [5.74, 6) is 0. The molecule has 0 radical (unpaired) electrons. The maximum absolute atomic E-state index is 4.99. The van der Waals surface area contributed by atoms with E-state index in [-0.39, 0.29) is 0 Å². The standard InChI is InChI=1S/C10H11NO/c1-11-10-5-7-3-4-8(10)9(7)6-12-2/h3-6,11H,1-2H3. The molecular formula is C10H11NO. The Morgan fingerprint density at radius 2 is 2.25 bits per heavy atom. The van der Waals surface area contributed by atoms with Gasteiger partial charge in [0.25, 0.3) is 0 Å². The van der Waals surface area contributed by atoms with E-state index in [4.69, 9.17) is 4.74 Å². The Morgan fingerprint density at radius 3 is 2.83 bits per heavy atom. The summed E-state index contributed by atoms with van der Waals surface area (Å²) in [5, 5.41) is 3.14. The van der Waals surface area contributed by atoms with Crippen LogP contribution in [0.1, 0.15) is 0 Å². The van der Waals surface area contributed by atoms with Crippen molar-refractivity contribution in [1.29, 1.82) is 0 Å². The zero-order valence-corrected chi connectivity index (χ0v) is 7.22. The monoisotopic (exact) mass is 161 g/mol. The van der Waals surface area contributed by atoms with E-state index >= 15 is 0 Å². The fourth-order valence-electron chi connectivity index (χ4n) is 1.56. The Labute approximate surface area is 71.9 Å². The number of rotatable bonds is 2. The number of likely N-dealkylation sites (N-methyl/N-ethyl adjacent to an activating group) is 1. The zero-order chi connectivity index (χ0) is 8.55. The molecule has 2 heteroatoms. The van der Waals surface area contributed by atoms with E-state index in [0.29, 0.717) is 0 Å². The lowest BCUT2D eigenvalue weighted by Crippen LogP contribution is -2.03. The summed E-state index contributed by atoms with van der Waals surface area (Å²) in [7, 11) is 3.60. The predicted octanol–water partition coefficient (Wildman–Crippen LogP) is 1.50. The summed E-state index contributed by atoms with van der Waals surface area (Å²) in [4.78, 5) is 0. The van der Waals surface area contributed by atoms with Crippen LogP contribution in [0.15, 0.2) is 46.9 Å². The Bertz CT molecular complexity index is 332. The van der Waals surface area contributed by atoms with Crippen LogP contribution in [0.2, 0.25) is 0 Å². The number of allylic oxidation sites excluding steroid dienone is 6. The molecule has 0 saturated heterocycles. The van der Waals surface area contributed by atoms with E-state index in [1.165, 1.54) is 22.4 Å². The fourth-order valence-corrected chi connectivity index (χ4v) is 1.56. The highest BCUT2D eigenvalue weighted by atomic mass is 16.5. The molecular weight excluding hydrogens is 150 g/mol. The van der Waals surface area contributed by atoms with E-state index in [2.05, 4.69) is 23.5 Å². The molecule has 0 saturated carbocycles. The molecule has 2 bridgehead atoms. The van der Waals surface area contributed by atoms with Gasteiger partial charge in [0.05, 0.1) is 13.4 Å². The minimum absolute atomic E-state index is 1.18. The summed E-state index contributed by atoms with van der Waals surface area (Å²) in [6, 6.07) is 0. The highest BCUT2D eigenvalue weighted by Gasteiger charge is 2.22. The molecule has 2 nitrogen and oxygen atoms in total. The number of ether oxygens (including phenoxy) is 1. The van der Waals surface area contributed by atoms with Gasteiger partial charge in [0, 0.05) is 23.9 Å². The molecule has 0 spiro atoms. The quantitative estimate of drug-likeness (QED) is 0.620. The molecule has 2 rings (SSSR count). The van der Waals surface area contributed by atoms with E-state index in [9.17, 15) is 0 Å². The molecule has 1 N–H and O–H groups in total. The Morgan fingerprint density at radius 1 is 1.42 bits per heavy atom. The maximum Gasteiger partial charge on any atom is 0.0909 e.